The summed E-state index contributed by atoms with van der Waals surface area (Å²) in [6.07, 6.45) is 4.94. The van der Waals surface area contributed by atoms with Crippen molar-refractivity contribution in [2.45, 2.75) is 44.6 Å². The number of rotatable bonds is 4. The van der Waals surface area contributed by atoms with Gasteiger partial charge in [-0.05, 0) is 38.5 Å². The Bertz CT molecular complexity index is 330. The molecule has 1 unspecified atom stereocenters. The molecule has 0 aromatic rings. The standard InChI is InChI=1S/C14H23NO4/c1-15(9-12-3-2-8-19-12)13(16)10-4-6-11(7-5-10)14(17)18/h10-12H,2-9H2,1H3,(H,17,18). The van der Waals surface area contributed by atoms with E-state index in [1.807, 2.05) is 7.05 Å². The summed E-state index contributed by atoms with van der Waals surface area (Å²) in [5.74, 6) is -0.826. The molecular formula is C14H23NO4. The van der Waals surface area contributed by atoms with Gasteiger partial charge in [-0.1, -0.05) is 0 Å². The molecule has 0 bridgehead atoms. The Labute approximate surface area is 113 Å². The zero-order valence-corrected chi connectivity index (χ0v) is 11.5. The van der Waals surface area contributed by atoms with Crippen molar-refractivity contribution in [1.82, 2.24) is 4.90 Å². The Balaban J connectivity index is 1.78. The predicted molar refractivity (Wildman–Crippen MR) is 69.7 cm³/mol. The van der Waals surface area contributed by atoms with Gasteiger partial charge in [0.1, 0.15) is 0 Å². The molecule has 108 valence electrons. The number of amides is 1. The highest BCUT2D eigenvalue weighted by Crippen LogP contribution is 2.30. The van der Waals surface area contributed by atoms with Gasteiger partial charge in [0, 0.05) is 26.1 Å². The third-order valence-electron chi connectivity index (χ3n) is 4.30. The second-order valence-electron chi connectivity index (χ2n) is 5.74. The maximum Gasteiger partial charge on any atom is 0.306 e. The van der Waals surface area contributed by atoms with Crippen LogP contribution in [0.5, 0.6) is 0 Å². The van der Waals surface area contributed by atoms with E-state index in [9.17, 15) is 9.59 Å². The number of hydrogen-bond donors (Lipinski definition) is 1. The smallest absolute Gasteiger partial charge is 0.306 e. The van der Waals surface area contributed by atoms with Gasteiger partial charge in [0.25, 0.3) is 0 Å². The number of carbonyl (C=O) groups excluding carboxylic acids is 1. The lowest BCUT2D eigenvalue weighted by atomic mass is 9.81. The number of likely N-dealkylation sites (N-methyl/N-ethyl adjacent to an activating group) is 1. The van der Waals surface area contributed by atoms with Crippen LogP contribution in [0.2, 0.25) is 0 Å². The first-order chi connectivity index (χ1) is 9.08. The van der Waals surface area contributed by atoms with Crippen molar-refractivity contribution in [2.24, 2.45) is 11.8 Å². The van der Waals surface area contributed by atoms with Crippen LogP contribution in [-0.4, -0.2) is 48.2 Å². The lowest BCUT2D eigenvalue weighted by Crippen LogP contribution is -2.39. The van der Waals surface area contributed by atoms with Gasteiger partial charge in [-0.3, -0.25) is 9.59 Å². The Hall–Kier alpha value is -1.10. The SMILES string of the molecule is CN(CC1CCCO1)C(=O)C1CCC(C(=O)O)CC1. The highest BCUT2D eigenvalue weighted by molar-refractivity contribution is 5.79. The fourth-order valence-electron chi connectivity index (χ4n) is 3.08. The molecule has 1 heterocycles. The first kappa shape index (κ1) is 14.3. The van der Waals surface area contributed by atoms with E-state index in [1.165, 1.54) is 0 Å². The van der Waals surface area contributed by atoms with Crippen molar-refractivity contribution in [3.8, 4) is 0 Å². The second-order valence-corrected chi connectivity index (χ2v) is 5.74. The molecule has 1 atom stereocenters. The van der Waals surface area contributed by atoms with Crippen LogP contribution in [0.3, 0.4) is 0 Å². The summed E-state index contributed by atoms with van der Waals surface area (Å²) < 4.78 is 5.54. The summed E-state index contributed by atoms with van der Waals surface area (Å²) in [5.41, 5.74) is 0. The Morgan fingerprint density at radius 1 is 1.16 bits per heavy atom. The molecule has 1 amide bonds. The fourth-order valence-corrected chi connectivity index (χ4v) is 3.08. The summed E-state index contributed by atoms with van der Waals surface area (Å²) in [6, 6.07) is 0. The fraction of sp³-hybridized carbons (Fsp3) is 0.857. The van der Waals surface area contributed by atoms with Gasteiger partial charge in [-0.2, -0.15) is 0 Å². The third kappa shape index (κ3) is 3.69. The molecule has 19 heavy (non-hydrogen) atoms. The largest absolute Gasteiger partial charge is 0.481 e. The van der Waals surface area contributed by atoms with Crippen LogP contribution in [0.1, 0.15) is 38.5 Å². The molecule has 1 saturated heterocycles. The van der Waals surface area contributed by atoms with Gasteiger partial charge in [0.2, 0.25) is 5.91 Å². The Morgan fingerprint density at radius 3 is 2.32 bits per heavy atom. The first-order valence-electron chi connectivity index (χ1n) is 7.17. The molecule has 1 aliphatic heterocycles. The van der Waals surface area contributed by atoms with E-state index >= 15 is 0 Å². The molecule has 1 aliphatic carbocycles. The van der Waals surface area contributed by atoms with Crippen LogP contribution < -0.4 is 0 Å². The number of carboxylic acids is 1. The van der Waals surface area contributed by atoms with E-state index in [4.69, 9.17) is 9.84 Å². The van der Waals surface area contributed by atoms with Crippen molar-refractivity contribution >= 4 is 11.9 Å². The zero-order chi connectivity index (χ0) is 13.8. The minimum absolute atomic E-state index is 0.00185. The van der Waals surface area contributed by atoms with E-state index in [2.05, 4.69) is 0 Å². The summed E-state index contributed by atoms with van der Waals surface area (Å²) in [5, 5.41) is 8.95. The van der Waals surface area contributed by atoms with Gasteiger partial charge < -0.3 is 14.7 Å². The minimum Gasteiger partial charge on any atom is -0.481 e. The highest BCUT2D eigenvalue weighted by atomic mass is 16.5. The van der Waals surface area contributed by atoms with Crippen LogP contribution in [0.25, 0.3) is 0 Å². The van der Waals surface area contributed by atoms with Gasteiger partial charge in [0.05, 0.1) is 12.0 Å². The van der Waals surface area contributed by atoms with Crippen molar-refractivity contribution in [3.05, 3.63) is 0 Å². The molecule has 2 aliphatic rings. The zero-order valence-electron chi connectivity index (χ0n) is 11.5. The maximum absolute atomic E-state index is 12.3. The molecule has 0 radical (unpaired) electrons. The van der Waals surface area contributed by atoms with E-state index in [0.717, 1.165) is 19.4 Å². The molecule has 0 spiro atoms. The van der Waals surface area contributed by atoms with Crippen LogP contribution in [0.4, 0.5) is 0 Å². The number of ether oxygens (including phenoxy) is 1. The van der Waals surface area contributed by atoms with Crippen molar-refractivity contribution in [3.63, 3.8) is 0 Å². The van der Waals surface area contributed by atoms with Gasteiger partial charge in [-0.15, -0.1) is 0 Å². The van der Waals surface area contributed by atoms with Crippen LogP contribution in [0.15, 0.2) is 0 Å². The minimum atomic E-state index is -0.724. The van der Waals surface area contributed by atoms with E-state index in [-0.39, 0.29) is 23.8 Å². The Kier molecular flexibility index (Phi) is 4.80. The number of carbonyl (C=O) groups is 2. The van der Waals surface area contributed by atoms with Crippen molar-refractivity contribution < 1.29 is 19.4 Å². The van der Waals surface area contributed by atoms with Crippen LogP contribution >= 0.6 is 0 Å². The lowest BCUT2D eigenvalue weighted by molar-refractivity contribution is -0.145. The summed E-state index contributed by atoms with van der Waals surface area (Å²) in [6.45, 7) is 1.47. The molecule has 5 nitrogen and oxygen atoms in total. The maximum atomic E-state index is 12.3. The summed E-state index contributed by atoms with van der Waals surface area (Å²) in [7, 11) is 1.83. The number of aliphatic carboxylic acids is 1. The molecule has 1 saturated carbocycles. The number of nitrogens with zero attached hydrogens (tertiary/aromatic N) is 1. The quantitative estimate of drug-likeness (QED) is 0.840. The molecule has 0 aromatic carbocycles. The van der Waals surface area contributed by atoms with E-state index < -0.39 is 5.97 Å². The second kappa shape index (κ2) is 6.37. The normalized spacial score (nSPS) is 31.1. The lowest BCUT2D eigenvalue weighted by Gasteiger charge is -2.30. The van der Waals surface area contributed by atoms with Crippen molar-refractivity contribution in [2.75, 3.05) is 20.2 Å². The Morgan fingerprint density at radius 2 is 1.79 bits per heavy atom. The molecule has 1 N–H and O–H groups in total. The molecule has 5 heteroatoms. The van der Waals surface area contributed by atoms with E-state index in [0.29, 0.717) is 32.2 Å². The van der Waals surface area contributed by atoms with Crippen LogP contribution in [0, 0.1) is 11.8 Å². The van der Waals surface area contributed by atoms with Crippen LogP contribution in [-0.2, 0) is 14.3 Å². The number of hydrogen-bond acceptors (Lipinski definition) is 3. The summed E-state index contributed by atoms with van der Waals surface area (Å²) >= 11 is 0. The first-order valence-corrected chi connectivity index (χ1v) is 7.17. The average Bonchev–Trinajstić information content (AvgIpc) is 2.90. The highest BCUT2D eigenvalue weighted by Gasteiger charge is 2.32. The van der Waals surface area contributed by atoms with Gasteiger partial charge >= 0.3 is 5.97 Å². The number of carboxylic acid groups (broad SMARTS) is 1. The molecule has 2 rings (SSSR count). The van der Waals surface area contributed by atoms with Gasteiger partial charge in [-0.25, -0.2) is 0 Å². The third-order valence-corrected chi connectivity index (χ3v) is 4.30. The molecule has 2 fully saturated rings. The topological polar surface area (TPSA) is 66.8 Å². The molecule has 0 aromatic heterocycles. The van der Waals surface area contributed by atoms with E-state index in [1.54, 1.807) is 4.90 Å². The monoisotopic (exact) mass is 269 g/mol. The van der Waals surface area contributed by atoms with Crippen molar-refractivity contribution in [1.29, 1.82) is 0 Å². The molecular weight excluding hydrogens is 246 g/mol. The van der Waals surface area contributed by atoms with Gasteiger partial charge in [0.15, 0.2) is 0 Å². The predicted octanol–water partition coefficient (Wildman–Crippen LogP) is 1.51. The summed E-state index contributed by atoms with van der Waals surface area (Å²) in [4.78, 5) is 24.9. The average molecular weight is 269 g/mol.